The summed E-state index contributed by atoms with van der Waals surface area (Å²) in [5.41, 5.74) is 1.08. The number of hydrogen-bond acceptors (Lipinski definition) is 4. The van der Waals surface area contributed by atoms with Crippen LogP contribution in [0.5, 0.6) is 5.75 Å². The van der Waals surface area contributed by atoms with Crippen molar-refractivity contribution in [3.05, 3.63) is 29.8 Å². The van der Waals surface area contributed by atoms with Crippen molar-refractivity contribution >= 4 is 39.8 Å². The molecule has 1 aliphatic rings. The van der Waals surface area contributed by atoms with Crippen molar-refractivity contribution in [2.75, 3.05) is 19.1 Å². The number of aliphatic imine (C=N–C) groups is 1. The van der Waals surface area contributed by atoms with E-state index in [9.17, 15) is 8.42 Å². The fourth-order valence-corrected chi connectivity index (χ4v) is 3.28. The molecular formula is C18H30IN3O3S. The maximum absolute atomic E-state index is 11.3. The summed E-state index contributed by atoms with van der Waals surface area (Å²) in [7, 11) is -1.24. The molecule has 8 heteroatoms. The average Bonchev–Trinajstić information content (AvgIpc) is 2.53. The molecular weight excluding hydrogens is 465 g/mol. The highest BCUT2D eigenvalue weighted by Gasteiger charge is 2.20. The molecule has 2 N–H and O–H groups in total. The molecule has 0 bridgehead atoms. The first-order valence-corrected chi connectivity index (χ1v) is 10.8. The van der Waals surface area contributed by atoms with E-state index in [1.165, 1.54) is 12.7 Å². The van der Waals surface area contributed by atoms with Crippen LogP contribution >= 0.6 is 24.0 Å². The minimum Gasteiger partial charge on any atom is -0.490 e. The van der Waals surface area contributed by atoms with E-state index in [4.69, 9.17) is 4.74 Å². The van der Waals surface area contributed by atoms with Crippen LogP contribution in [-0.4, -0.2) is 45.6 Å². The van der Waals surface area contributed by atoms with Gasteiger partial charge in [-0.1, -0.05) is 18.2 Å². The molecule has 0 aliphatic heterocycles. The molecule has 1 aromatic carbocycles. The second-order valence-corrected chi connectivity index (χ2v) is 8.93. The Morgan fingerprint density at radius 1 is 1.35 bits per heavy atom. The maximum Gasteiger partial charge on any atom is 0.191 e. The lowest BCUT2D eigenvalue weighted by atomic mass is 9.96. The van der Waals surface area contributed by atoms with Crippen LogP contribution in [0.3, 0.4) is 0 Å². The predicted octanol–water partition coefficient (Wildman–Crippen LogP) is 2.72. The van der Waals surface area contributed by atoms with Gasteiger partial charge in [0.05, 0.1) is 11.9 Å². The number of para-hydroxylation sites is 1. The lowest BCUT2D eigenvalue weighted by Gasteiger charge is -2.27. The van der Waals surface area contributed by atoms with Gasteiger partial charge in [0.1, 0.15) is 15.6 Å². The first-order chi connectivity index (χ1) is 11.9. The molecule has 0 radical (unpaired) electrons. The van der Waals surface area contributed by atoms with Crippen molar-refractivity contribution in [1.29, 1.82) is 0 Å². The van der Waals surface area contributed by atoms with Crippen molar-refractivity contribution in [1.82, 2.24) is 10.6 Å². The van der Waals surface area contributed by atoms with Crippen LogP contribution < -0.4 is 15.4 Å². The van der Waals surface area contributed by atoms with Crippen LogP contribution in [0.15, 0.2) is 29.3 Å². The number of halogens is 1. The zero-order valence-electron chi connectivity index (χ0n) is 15.7. The molecule has 1 saturated carbocycles. The second-order valence-electron chi connectivity index (χ2n) is 6.67. The second kappa shape index (κ2) is 11.0. The standard InChI is InChI=1S/C18H29N3O3S.HI/c1-14(11-12-25(3,22)23)21-18(19-2)20-13-15-7-4-5-10-17(15)24-16-8-6-9-16;/h4-5,7,10,14,16H,6,8-9,11-13H2,1-3H3,(H2,19,20,21);1H. The molecule has 1 aromatic rings. The third kappa shape index (κ3) is 8.11. The van der Waals surface area contributed by atoms with Crippen molar-refractivity contribution < 1.29 is 13.2 Å². The summed E-state index contributed by atoms with van der Waals surface area (Å²) in [4.78, 5) is 4.21. The highest BCUT2D eigenvalue weighted by atomic mass is 127. The van der Waals surface area contributed by atoms with Gasteiger partial charge in [-0.25, -0.2) is 8.42 Å². The third-order valence-corrected chi connectivity index (χ3v) is 5.27. The van der Waals surface area contributed by atoms with Crippen LogP contribution in [-0.2, 0) is 16.4 Å². The number of ether oxygens (including phenoxy) is 1. The summed E-state index contributed by atoms with van der Waals surface area (Å²) >= 11 is 0. The van der Waals surface area contributed by atoms with E-state index < -0.39 is 9.84 Å². The van der Waals surface area contributed by atoms with Crippen molar-refractivity contribution in [3.8, 4) is 5.75 Å². The fraction of sp³-hybridized carbons (Fsp3) is 0.611. The maximum atomic E-state index is 11.3. The van der Waals surface area contributed by atoms with Gasteiger partial charge in [0.15, 0.2) is 5.96 Å². The van der Waals surface area contributed by atoms with Gasteiger partial charge in [0.2, 0.25) is 0 Å². The summed E-state index contributed by atoms with van der Waals surface area (Å²) in [6.45, 7) is 2.55. The Balaban J connectivity index is 0.00000338. The van der Waals surface area contributed by atoms with E-state index in [0.29, 0.717) is 25.0 Å². The van der Waals surface area contributed by atoms with Gasteiger partial charge >= 0.3 is 0 Å². The summed E-state index contributed by atoms with van der Waals surface area (Å²) in [5.74, 6) is 1.73. The first-order valence-electron chi connectivity index (χ1n) is 8.77. The van der Waals surface area contributed by atoms with Gasteiger partial charge in [-0.15, -0.1) is 24.0 Å². The monoisotopic (exact) mass is 495 g/mol. The molecule has 1 fully saturated rings. The zero-order valence-corrected chi connectivity index (χ0v) is 18.8. The minimum atomic E-state index is -2.95. The molecule has 6 nitrogen and oxygen atoms in total. The van der Waals surface area contributed by atoms with Crippen molar-refractivity contribution in [2.24, 2.45) is 4.99 Å². The molecule has 1 atom stereocenters. The average molecular weight is 495 g/mol. The molecule has 0 aromatic heterocycles. The summed E-state index contributed by atoms with van der Waals surface area (Å²) in [6, 6.07) is 8.04. The van der Waals surface area contributed by atoms with Crippen LogP contribution in [0.4, 0.5) is 0 Å². The zero-order chi connectivity index (χ0) is 18.3. The lowest BCUT2D eigenvalue weighted by Crippen LogP contribution is -2.42. The molecule has 2 rings (SSSR count). The number of nitrogens with zero attached hydrogens (tertiary/aromatic N) is 1. The normalized spacial score (nSPS) is 16.2. The quantitative estimate of drug-likeness (QED) is 0.330. The lowest BCUT2D eigenvalue weighted by molar-refractivity contribution is 0.119. The molecule has 0 spiro atoms. The molecule has 0 heterocycles. The Labute approximate surface area is 174 Å². The van der Waals surface area contributed by atoms with Gasteiger partial charge in [-0.05, 0) is 38.7 Å². The summed E-state index contributed by atoms with van der Waals surface area (Å²) in [6.07, 6.45) is 5.64. The van der Waals surface area contributed by atoms with Crippen LogP contribution in [0.1, 0.15) is 38.2 Å². The molecule has 0 saturated heterocycles. The third-order valence-electron chi connectivity index (χ3n) is 4.29. The molecule has 1 aliphatic carbocycles. The first kappa shape index (κ1) is 23.0. The van der Waals surface area contributed by atoms with Gasteiger partial charge < -0.3 is 15.4 Å². The molecule has 148 valence electrons. The van der Waals surface area contributed by atoms with Gasteiger partial charge in [0, 0.05) is 31.5 Å². The van der Waals surface area contributed by atoms with Crippen LogP contribution in [0.25, 0.3) is 0 Å². The van der Waals surface area contributed by atoms with Gasteiger partial charge in [-0.3, -0.25) is 4.99 Å². The molecule has 1 unspecified atom stereocenters. The minimum absolute atomic E-state index is 0. The topological polar surface area (TPSA) is 79.8 Å². The number of sulfone groups is 1. The van der Waals surface area contributed by atoms with E-state index in [-0.39, 0.29) is 35.8 Å². The number of rotatable bonds is 8. The van der Waals surface area contributed by atoms with Gasteiger partial charge in [-0.2, -0.15) is 0 Å². The van der Waals surface area contributed by atoms with Crippen LogP contribution in [0.2, 0.25) is 0 Å². The summed E-state index contributed by atoms with van der Waals surface area (Å²) in [5, 5.41) is 6.50. The Kier molecular flexibility index (Phi) is 9.70. The number of hydrogen-bond donors (Lipinski definition) is 2. The molecule has 26 heavy (non-hydrogen) atoms. The largest absolute Gasteiger partial charge is 0.490 e. The highest BCUT2D eigenvalue weighted by Crippen LogP contribution is 2.27. The number of benzene rings is 1. The van der Waals surface area contributed by atoms with Crippen LogP contribution in [0, 0.1) is 0 Å². The number of nitrogens with one attached hydrogen (secondary N) is 2. The van der Waals surface area contributed by atoms with E-state index in [2.05, 4.69) is 15.6 Å². The Hall–Kier alpha value is -1.03. The Morgan fingerprint density at radius 2 is 2.04 bits per heavy atom. The number of guanidine groups is 1. The fourth-order valence-electron chi connectivity index (χ4n) is 2.50. The van der Waals surface area contributed by atoms with E-state index in [0.717, 1.165) is 24.2 Å². The van der Waals surface area contributed by atoms with Gasteiger partial charge in [0.25, 0.3) is 0 Å². The smallest absolute Gasteiger partial charge is 0.191 e. The van der Waals surface area contributed by atoms with E-state index in [1.807, 2.05) is 31.2 Å². The van der Waals surface area contributed by atoms with E-state index in [1.54, 1.807) is 7.05 Å². The highest BCUT2D eigenvalue weighted by molar-refractivity contribution is 14.0. The predicted molar refractivity (Wildman–Crippen MR) is 117 cm³/mol. The SMILES string of the molecule is CN=C(NCc1ccccc1OC1CCC1)NC(C)CCS(C)(=O)=O.I. The van der Waals surface area contributed by atoms with Crippen molar-refractivity contribution in [3.63, 3.8) is 0 Å². The summed E-state index contributed by atoms with van der Waals surface area (Å²) < 4.78 is 28.6. The Morgan fingerprint density at radius 3 is 2.62 bits per heavy atom. The molecule has 0 amide bonds. The van der Waals surface area contributed by atoms with Crippen molar-refractivity contribution in [2.45, 2.75) is 51.3 Å². The Bertz CT molecular complexity index is 691. The van der Waals surface area contributed by atoms with E-state index >= 15 is 0 Å².